The van der Waals surface area contributed by atoms with Crippen molar-refractivity contribution in [2.45, 2.75) is 41.5 Å². The first-order chi connectivity index (χ1) is 10.9. The van der Waals surface area contributed by atoms with Crippen molar-refractivity contribution in [1.82, 2.24) is 4.57 Å². The molecule has 0 saturated heterocycles. The number of rotatable bonds is 2. The van der Waals surface area contributed by atoms with Crippen LogP contribution in [-0.2, 0) is 20.4 Å². The van der Waals surface area contributed by atoms with Gasteiger partial charge in [-0.25, -0.2) is 9.13 Å². The fourth-order valence-electron chi connectivity index (χ4n) is 3.78. The zero-order valence-electron chi connectivity index (χ0n) is 15.6. The summed E-state index contributed by atoms with van der Waals surface area (Å²) < 4.78 is 4.45. The third-order valence-corrected chi connectivity index (χ3v) is 4.42. The number of halogens is 1. The van der Waals surface area contributed by atoms with Crippen LogP contribution in [0, 0.1) is 41.5 Å². The minimum atomic E-state index is 0. The monoisotopic (exact) mass is 446 g/mol. The van der Waals surface area contributed by atoms with Gasteiger partial charge in [0, 0.05) is 20.4 Å². The van der Waals surface area contributed by atoms with Crippen LogP contribution in [0.3, 0.4) is 0 Å². The molecule has 0 aliphatic carbocycles. The molecule has 136 valence electrons. The van der Waals surface area contributed by atoms with Gasteiger partial charge in [0.15, 0.2) is 0 Å². The van der Waals surface area contributed by atoms with Gasteiger partial charge in [0.25, 0.3) is 6.33 Å². The van der Waals surface area contributed by atoms with Crippen molar-refractivity contribution in [3.05, 3.63) is 76.4 Å². The first-order valence-corrected chi connectivity index (χ1v) is 8.12. The number of hydrogen-bond acceptors (Lipinski definition) is 0. The smallest absolute Gasteiger partial charge is 0.254 e. The number of benzene rings is 2. The van der Waals surface area contributed by atoms with Gasteiger partial charge in [0.1, 0.15) is 23.8 Å². The molecule has 0 spiro atoms. The summed E-state index contributed by atoms with van der Waals surface area (Å²) in [6.07, 6.45) is 6.46. The Morgan fingerprint density at radius 2 is 1.16 bits per heavy atom. The van der Waals surface area contributed by atoms with E-state index in [2.05, 4.69) is 93.7 Å². The van der Waals surface area contributed by atoms with Crippen molar-refractivity contribution in [3.63, 3.8) is 0 Å². The summed E-state index contributed by atoms with van der Waals surface area (Å²) >= 11 is 0. The fourth-order valence-corrected chi connectivity index (χ4v) is 3.78. The Bertz CT molecular complexity index is 779. The fraction of sp³-hybridized carbons (Fsp3) is 0.286. The molecule has 0 fully saturated rings. The second-order valence-corrected chi connectivity index (χ2v) is 6.72. The Hall–Kier alpha value is -1.40. The zero-order chi connectivity index (χ0) is 16.7. The van der Waals surface area contributed by atoms with Crippen LogP contribution in [-0.4, -0.2) is 4.57 Å². The van der Waals surface area contributed by atoms with Crippen molar-refractivity contribution in [3.8, 4) is 11.4 Å². The van der Waals surface area contributed by atoms with Gasteiger partial charge in [-0.15, -0.1) is 0 Å². The maximum Gasteiger partial charge on any atom is 0.254 e. The SMILES string of the molecule is Cc1cc(C)c(-n2cc[n+](-c3c(C)cc(C)cc3C)c2)c(C)c1.[Cl-].[Pd]. The van der Waals surface area contributed by atoms with E-state index in [-0.39, 0.29) is 32.8 Å². The summed E-state index contributed by atoms with van der Waals surface area (Å²) in [5.41, 5.74) is 10.4. The molecule has 2 aromatic carbocycles. The number of aromatic nitrogens is 2. The number of imidazole rings is 1. The van der Waals surface area contributed by atoms with Crippen LogP contribution in [0.15, 0.2) is 43.0 Å². The molecule has 0 saturated carbocycles. The van der Waals surface area contributed by atoms with Crippen molar-refractivity contribution in [2.75, 3.05) is 0 Å². The summed E-state index contributed by atoms with van der Waals surface area (Å²) in [5, 5.41) is 0. The van der Waals surface area contributed by atoms with Crippen LogP contribution in [0.1, 0.15) is 33.4 Å². The Labute approximate surface area is 171 Å². The third kappa shape index (κ3) is 4.23. The van der Waals surface area contributed by atoms with E-state index in [0.717, 1.165) is 0 Å². The molecule has 0 unspecified atom stereocenters. The predicted octanol–water partition coefficient (Wildman–Crippen LogP) is 1.61. The molecular weight excluding hydrogens is 422 g/mol. The van der Waals surface area contributed by atoms with Gasteiger partial charge in [-0.1, -0.05) is 35.4 Å². The molecule has 3 aromatic rings. The summed E-state index contributed by atoms with van der Waals surface area (Å²) in [6, 6.07) is 8.98. The topological polar surface area (TPSA) is 8.81 Å². The van der Waals surface area contributed by atoms with Gasteiger partial charge in [-0.3, -0.25) is 0 Å². The normalized spacial score (nSPS) is 10.2. The van der Waals surface area contributed by atoms with Crippen molar-refractivity contribution >= 4 is 0 Å². The van der Waals surface area contributed by atoms with Crippen molar-refractivity contribution < 1.29 is 37.4 Å². The molecule has 0 bridgehead atoms. The molecule has 0 atom stereocenters. The first-order valence-electron chi connectivity index (χ1n) is 8.12. The van der Waals surface area contributed by atoms with Crippen LogP contribution >= 0.6 is 0 Å². The van der Waals surface area contributed by atoms with Crippen LogP contribution in [0.4, 0.5) is 0 Å². The molecule has 4 heteroatoms. The van der Waals surface area contributed by atoms with Gasteiger partial charge in [-0.05, 0) is 63.8 Å². The molecule has 0 aliphatic heterocycles. The summed E-state index contributed by atoms with van der Waals surface area (Å²) in [6.45, 7) is 13.0. The van der Waals surface area contributed by atoms with Crippen LogP contribution in [0.25, 0.3) is 11.4 Å². The van der Waals surface area contributed by atoms with E-state index in [1.807, 2.05) is 0 Å². The van der Waals surface area contributed by atoms with Crippen LogP contribution < -0.4 is 17.0 Å². The molecular formula is C21H25ClN2Pd. The Morgan fingerprint density at radius 1 is 0.720 bits per heavy atom. The minimum absolute atomic E-state index is 0. The summed E-state index contributed by atoms with van der Waals surface area (Å²) in [7, 11) is 0. The molecule has 2 nitrogen and oxygen atoms in total. The van der Waals surface area contributed by atoms with Crippen molar-refractivity contribution in [1.29, 1.82) is 0 Å². The Balaban J connectivity index is 0.00000156. The molecule has 0 radical (unpaired) electrons. The maximum absolute atomic E-state index is 2.25. The second-order valence-electron chi connectivity index (χ2n) is 6.72. The van der Waals surface area contributed by atoms with Gasteiger partial charge >= 0.3 is 0 Å². The van der Waals surface area contributed by atoms with E-state index in [9.17, 15) is 0 Å². The van der Waals surface area contributed by atoms with Gasteiger partial charge in [0.05, 0.1) is 0 Å². The zero-order valence-corrected chi connectivity index (χ0v) is 17.9. The molecule has 3 rings (SSSR count). The Kier molecular flexibility index (Phi) is 7.20. The van der Waals surface area contributed by atoms with E-state index in [0.29, 0.717) is 0 Å². The van der Waals surface area contributed by atoms with Gasteiger partial charge in [-0.2, -0.15) is 0 Å². The largest absolute Gasteiger partial charge is 1.00 e. The molecule has 0 amide bonds. The maximum atomic E-state index is 2.25. The first kappa shape index (κ1) is 21.6. The van der Waals surface area contributed by atoms with E-state index < -0.39 is 0 Å². The van der Waals surface area contributed by atoms with E-state index in [1.54, 1.807) is 0 Å². The van der Waals surface area contributed by atoms with Crippen molar-refractivity contribution in [2.24, 2.45) is 0 Å². The van der Waals surface area contributed by atoms with E-state index in [4.69, 9.17) is 0 Å². The van der Waals surface area contributed by atoms with Crippen LogP contribution in [0.2, 0.25) is 0 Å². The average molecular weight is 447 g/mol. The third-order valence-electron chi connectivity index (χ3n) is 4.42. The number of hydrogen-bond donors (Lipinski definition) is 0. The standard InChI is InChI=1S/C21H25N2.ClH.Pd/c1-14-9-16(3)20(17(4)10-14)22-7-8-23(13-22)21-18(5)11-15(2)12-19(21)6;;/h7-13H,1-6H3;1H;/q+1;;/p-1. The molecule has 1 heterocycles. The summed E-state index contributed by atoms with van der Waals surface area (Å²) in [5.74, 6) is 0. The quantitative estimate of drug-likeness (QED) is 0.417. The molecule has 25 heavy (non-hydrogen) atoms. The van der Waals surface area contributed by atoms with E-state index >= 15 is 0 Å². The Morgan fingerprint density at radius 3 is 1.64 bits per heavy atom. The molecule has 0 N–H and O–H groups in total. The van der Waals surface area contributed by atoms with Gasteiger partial charge < -0.3 is 12.4 Å². The van der Waals surface area contributed by atoms with Gasteiger partial charge in [0.2, 0.25) is 0 Å². The minimum Gasteiger partial charge on any atom is -1.00 e. The van der Waals surface area contributed by atoms with E-state index in [1.165, 1.54) is 44.8 Å². The van der Waals surface area contributed by atoms with Crippen LogP contribution in [0.5, 0.6) is 0 Å². The average Bonchev–Trinajstić information content (AvgIpc) is 2.85. The summed E-state index contributed by atoms with van der Waals surface area (Å²) in [4.78, 5) is 0. The predicted molar refractivity (Wildman–Crippen MR) is 95.7 cm³/mol. The second kappa shape index (κ2) is 8.32. The molecule has 0 aliphatic rings. The number of aryl methyl sites for hydroxylation is 6. The molecule has 1 aromatic heterocycles. The number of nitrogens with zero attached hydrogens (tertiary/aromatic N) is 2.